The van der Waals surface area contributed by atoms with Crippen LogP contribution in [0.4, 0.5) is 0 Å². The van der Waals surface area contributed by atoms with E-state index in [4.69, 9.17) is 9.47 Å². The van der Waals surface area contributed by atoms with Crippen LogP contribution in [0.2, 0.25) is 0 Å². The van der Waals surface area contributed by atoms with Crippen LogP contribution in [0.3, 0.4) is 0 Å². The highest BCUT2D eigenvalue weighted by Crippen LogP contribution is 2.27. The maximum atomic E-state index is 12.1. The molecule has 0 aromatic heterocycles. The van der Waals surface area contributed by atoms with Gasteiger partial charge in [-0.2, -0.15) is 0 Å². The summed E-state index contributed by atoms with van der Waals surface area (Å²) in [5.41, 5.74) is 1.16. The molecule has 0 aliphatic carbocycles. The fourth-order valence-corrected chi connectivity index (χ4v) is 2.90. The van der Waals surface area contributed by atoms with Crippen molar-refractivity contribution in [2.45, 2.75) is 45.4 Å². The molecule has 1 aliphatic heterocycles. The van der Waals surface area contributed by atoms with Crippen LogP contribution >= 0.6 is 0 Å². The molecule has 3 atom stereocenters. The molecule has 0 spiro atoms. The summed E-state index contributed by atoms with van der Waals surface area (Å²) >= 11 is 0. The molecule has 4 nitrogen and oxygen atoms in total. The average Bonchev–Trinajstić information content (AvgIpc) is 2.48. The van der Waals surface area contributed by atoms with Gasteiger partial charge in [-0.3, -0.25) is 9.69 Å². The van der Waals surface area contributed by atoms with E-state index >= 15 is 0 Å². The monoisotopic (exact) mass is 291 g/mol. The third-order valence-electron chi connectivity index (χ3n) is 3.85. The van der Waals surface area contributed by atoms with Crippen molar-refractivity contribution in [3.8, 4) is 0 Å². The quantitative estimate of drug-likeness (QED) is 0.782. The Balaban J connectivity index is 2.11. The number of esters is 1. The molecule has 2 rings (SSSR count). The van der Waals surface area contributed by atoms with Crippen molar-refractivity contribution in [2.75, 3.05) is 19.7 Å². The molecule has 0 N–H and O–H groups in total. The fraction of sp³-hybridized carbons (Fsp3) is 0.588. The van der Waals surface area contributed by atoms with E-state index in [1.165, 1.54) is 0 Å². The first-order valence-corrected chi connectivity index (χ1v) is 7.76. The summed E-state index contributed by atoms with van der Waals surface area (Å²) < 4.78 is 11.2. The molecule has 116 valence electrons. The summed E-state index contributed by atoms with van der Waals surface area (Å²) in [7, 11) is 0. The molecule has 1 heterocycles. The largest absolute Gasteiger partial charge is 0.465 e. The number of hydrogen-bond donors (Lipinski definition) is 0. The third-order valence-corrected chi connectivity index (χ3v) is 3.85. The first kappa shape index (κ1) is 16.0. The number of benzene rings is 1. The Morgan fingerprint density at radius 1 is 1.33 bits per heavy atom. The zero-order valence-corrected chi connectivity index (χ0v) is 13.1. The third kappa shape index (κ3) is 4.05. The smallest absolute Gasteiger partial charge is 0.323 e. The normalized spacial score (nSPS) is 24.5. The molecular weight excluding hydrogens is 266 g/mol. The van der Waals surface area contributed by atoms with Crippen LogP contribution in [-0.4, -0.2) is 42.7 Å². The maximum absolute atomic E-state index is 12.1. The zero-order chi connectivity index (χ0) is 15.2. The van der Waals surface area contributed by atoms with Crippen LogP contribution in [0.15, 0.2) is 30.3 Å². The van der Waals surface area contributed by atoms with Crippen molar-refractivity contribution in [3.63, 3.8) is 0 Å². The topological polar surface area (TPSA) is 38.8 Å². The zero-order valence-electron chi connectivity index (χ0n) is 13.1. The number of ether oxygens (including phenoxy) is 2. The van der Waals surface area contributed by atoms with E-state index in [9.17, 15) is 4.79 Å². The van der Waals surface area contributed by atoms with Gasteiger partial charge in [0, 0.05) is 13.1 Å². The molecule has 1 aromatic rings. The van der Waals surface area contributed by atoms with E-state index in [0.717, 1.165) is 25.1 Å². The minimum absolute atomic E-state index is 0.0124. The molecule has 0 amide bonds. The predicted molar refractivity (Wildman–Crippen MR) is 82.0 cm³/mol. The molecule has 3 unspecified atom stereocenters. The maximum Gasteiger partial charge on any atom is 0.323 e. The van der Waals surface area contributed by atoms with Gasteiger partial charge in [0.05, 0.1) is 18.8 Å². The van der Waals surface area contributed by atoms with Gasteiger partial charge in [-0.05, 0) is 25.8 Å². The van der Waals surface area contributed by atoms with E-state index in [1.54, 1.807) is 0 Å². The molecule has 1 aromatic carbocycles. The number of hydrogen-bond acceptors (Lipinski definition) is 4. The molecule has 0 saturated carbocycles. The lowest BCUT2D eigenvalue weighted by atomic mass is 10.0. The lowest BCUT2D eigenvalue weighted by Gasteiger charge is -2.40. The lowest BCUT2D eigenvalue weighted by Crippen LogP contribution is -2.51. The standard InChI is InChI=1S/C17H25NO3/c1-4-15(17(19)20-5-2)18-11-13(3)21-16(12-18)14-9-7-6-8-10-14/h6-10,13,15-16H,4-5,11-12H2,1-3H3. The summed E-state index contributed by atoms with van der Waals surface area (Å²) in [5, 5.41) is 0. The van der Waals surface area contributed by atoms with Crippen LogP contribution in [0.1, 0.15) is 38.9 Å². The van der Waals surface area contributed by atoms with Gasteiger partial charge in [0.25, 0.3) is 0 Å². The Bertz CT molecular complexity index is 449. The number of nitrogens with zero attached hydrogens (tertiary/aromatic N) is 1. The van der Waals surface area contributed by atoms with Gasteiger partial charge in [-0.1, -0.05) is 37.3 Å². The van der Waals surface area contributed by atoms with Gasteiger partial charge in [0.1, 0.15) is 6.04 Å². The number of carbonyl (C=O) groups excluding carboxylic acids is 1. The first-order valence-electron chi connectivity index (χ1n) is 7.76. The summed E-state index contributed by atoms with van der Waals surface area (Å²) in [6, 6.07) is 10.0. The molecule has 21 heavy (non-hydrogen) atoms. The highest BCUT2D eigenvalue weighted by atomic mass is 16.5. The van der Waals surface area contributed by atoms with Crippen molar-refractivity contribution in [1.29, 1.82) is 0 Å². The SMILES string of the molecule is CCOC(=O)C(CC)N1CC(C)OC(c2ccccc2)C1. The second kappa shape index (κ2) is 7.57. The molecular formula is C17H25NO3. The summed E-state index contributed by atoms with van der Waals surface area (Å²) in [6.45, 7) is 7.85. The van der Waals surface area contributed by atoms with Crippen molar-refractivity contribution in [3.05, 3.63) is 35.9 Å². The van der Waals surface area contributed by atoms with E-state index in [2.05, 4.69) is 24.0 Å². The van der Waals surface area contributed by atoms with Crippen molar-refractivity contribution in [2.24, 2.45) is 0 Å². The summed E-state index contributed by atoms with van der Waals surface area (Å²) in [4.78, 5) is 14.3. The van der Waals surface area contributed by atoms with Gasteiger partial charge < -0.3 is 9.47 Å². The molecule has 4 heteroatoms. The number of rotatable bonds is 5. The van der Waals surface area contributed by atoms with Crippen molar-refractivity contribution < 1.29 is 14.3 Å². The minimum Gasteiger partial charge on any atom is -0.465 e. The molecule has 0 bridgehead atoms. The van der Waals surface area contributed by atoms with Crippen LogP contribution in [0.5, 0.6) is 0 Å². The number of morpholine rings is 1. The van der Waals surface area contributed by atoms with Crippen LogP contribution < -0.4 is 0 Å². The number of carbonyl (C=O) groups is 1. The predicted octanol–water partition coefficient (Wildman–Crippen LogP) is 2.79. The van der Waals surface area contributed by atoms with E-state index < -0.39 is 0 Å². The second-order valence-electron chi connectivity index (χ2n) is 5.48. The highest BCUT2D eigenvalue weighted by molar-refractivity contribution is 5.75. The average molecular weight is 291 g/mol. The van der Waals surface area contributed by atoms with E-state index in [1.807, 2.05) is 32.0 Å². The van der Waals surface area contributed by atoms with Crippen LogP contribution in [0, 0.1) is 0 Å². The first-order chi connectivity index (χ1) is 10.2. The van der Waals surface area contributed by atoms with E-state index in [-0.39, 0.29) is 24.2 Å². The molecule has 1 saturated heterocycles. The summed E-state index contributed by atoms with van der Waals surface area (Å²) in [6.07, 6.45) is 0.874. The Hall–Kier alpha value is -1.39. The van der Waals surface area contributed by atoms with Gasteiger partial charge in [0.2, 0.25) is 0 Å². The van der Waals surface area contributed by atoms with Gasteiger partial charge >= 0.3 is 5.97 Å². The summed E-state index contributed by atoms with van der Waals surface area (Å²) in [5.74, 6) is -0.124. The molecule has 0 radical (unpaired) electrons. The Kier molecular flexibility index (Phi) is 5.76. The Morgan fingerprint density at radius 3 is 2.67 bits per heavy atom. The molecule has 1 aliphatic rings. The van der Waals surface area contributed by atoms with Crippen molar-refractivity contribution >= 4 is 5.97 Å². The lowest BCUT2D eigenvalue weighted by molar-refractivity contribution is -0.156. The van der Waals surface area contributed by atoms with Gasteiger partial charge in [0.15, 0.2) is 0 Å². The van der Waals surface area contributed by atoms with Crippen LogP contribution in [0.25, 0.3) is 0 Å². The van der Waals surface area contributed by atoms with Gasteiger partial charge in [-0.25, -0.2) is 0 Å². The Labute approximate surface area is 127 Å². The fourth-order valence-electron chi connectivity index (χ4n) is 2.90. The Morgan fingerprint density at radius 2 is 2.05 bits per heavy atom. The van der Waals surface area contributed by atoms with Crippen LogP contribution in [-0.2, 0) is 14.3 Å². The highest BCUT2D eigenvalue weighted by Gasteiger charge is 2.33. The van der Waals surface area contributed by atoms with Gasteiger partial charge in [-0.15, -0.1) is 0 Å². The van der Waals surface area contributed by atoms with E-state index in [0.29, 0.717) is 6.61 Å². The van der Waals surface area contributed by atoms with Crippen molar-refractivity contribution in [1.82, 2.24) is 4.90 Å². The second-order valence-corrected chi connectivity index (χ2v) is 5.48. The minimum atomic E-state index is -0.178. The molecule has 1 fully saturated rings.